The molecule has 0 spiro atoms. The van der Waals surface area contributed by atoms with Gasteiger partial charge in [-0.1, -0.05) is 27.6 Å². The number of hydrogen-bond donors (Lipinski definition) is 0. The van der Waals surface area contributed by atoms with Crippen molar-refractivity contribution in [1.82, 2.24) is 9.57 Å². The first-order chi connectivity index (χ1) is 8.84. The van der Waals surface area contributed by atoms with Crippen LogP contribution in [0, 0.1) is 0 Å². The van der Waals surface area contributed by atoms with Crippen molar-refractivity contribution in [2.75, 3.05) is 31.9 Å². The Morgan fingerprint density at radius 2 is 2.00 bits per heavy atom. The third kappa shape index (κ3) is 2.75. The van der Waals surface area contributed by atoms with Gasteiger partial charge in [0.25, 0.3) is 0 Å². The lowest BCUT2D eigenvalue weighted by atomic mass is 10.0. The van der Waals surface area contributed by atoms with Crippen LogP contribution in [-0.2, 0) is 0 Å². The highest BCUT2D eigenvalue weighted by Crippen LogP contribution is 2.39. The van der Waals surface area contributed by atoms with Crippen molar-refractivity contribution in [2.45, 2.75) is 23.8 Å². The summed E-state index contributed by atoms with van der Waals surface area (Å²) in [6.07, 6.45) is 2.59. The van der Waals surface area contributed by atoms with E-state index in [1.54, 1.807) is 5.56 Å². The zero-order valence-electron chi connectivity index (χ0n) is 10.7. The molecule has 0 bridgehead atoms. The number of hydrogen-bond acceptors (Lipinski definition) is 3. The fourth-order valence-corrected chi connectivity index (χ4v) is 4.38. The van der Waals surface area contributed by atoms with Gasteiger partial charge in [0, 0.05) is 37.1 Å². The van der Waals surface area contributed by atoms with Gasteiger partial charge in [0.15, 0.2) is 0 Å². The van der Waals surface area contributed by atoms with E-state index in [0.29, 0.717) is 6.04 Å². The second kappa shape index (κ2) is 5.92. The number of nitrogens with zero attached hydrogens (tertiary/aromatic N) is 2. The standard InChI is InChI=1S/C14H21N2PS/c17-16-8-3-7-15(9-10-16)13-6-11-18-14-5-2-1-4-12(13)14/h1-2,4-5,13H,3,6-11,17H2. The van der Waals surface area contributed by atoms with E-state index in [1.165, 1.54) is 49.7 Å². The maximum atomic E-state index is 2.86. The second-order valence-electron chi connectivity index (χ2n) is 5.12. The van der Waals surface area contributed by atoms with Crippen LogP contribution >= 0.6 is 21.2 Å². The number of thioether (sulfide) groups is 1. The smallest absolute Gasteiger partial charge is 0.0367 e. The van der Waals surface area contributed by atoms with Gasteiger partial charge in [-0.2, -0.15) is 0 Å². The van der Waals surface area contributed by atoms with E-state index in [-0.39, 0.29) is 0 Å². The molecule has 2 unspecified atom stereocenters. The van der Waals surface area contributed by atoms with Gasteiger partial charge in [-0.05, 0) is 30.2 Å². The molecular weight excluding hydrogens is 259 g/mol. The van der Waals surface area contributed by atoms with Crippen molar-refractivity contribution in [3.05, 3.63) is 29.8 Å². The van der Waals surface area contributed by atoms with Gasteiger partial charge in [-0.15, -0.1) is 11.8 Å². The topological polar surface area (TPSA) is 6.48 Å². The van der Waals surface area contributed by atoms with Crippen LogP contribution in [0.3, 0.4) is 0 Å². The summed E-state index contributed by atoms with van der Waals surface area (Å²) in [7, 11) is 2.86. The minimum Gasteiger partial charge on any atom is -0.295 e. The number of fused-ring (bicyclic) bond motifs is 1. The highest BCUT2D eigenvalue weighted by molar-refractivity contribution is 7.99. The maximum Gasteiger partial charge on any atom is 0.0367 e. The van der Waals surface area contributed by atoms with Crippen LogP contribution < -0.4 is 0 Å². The van der Waals surface area contributed by atoms with Crippen LogP contribution in [0.1, 0.15) is 24.4 Å². The molecule has 0 N–H and O–H groups in total. The van der Waals surface area contributed by atoms with E-state index in [9.17, 15) is 0 Å². The second-order valence-corrected chi connectivity index (χ2v) is 6.98. The van der Waals surface area contributed by atoms with Crippen molar-refractivity contribution in [2.24, 2.45) is 0 Å². The molecule has 2 heterocycles. The van der Waals surface area contributed by atoms with E-state index < -0.39 is 0 Å². The van der Waals surface area contributed by atoms with Crippen LogP contribution in [0.5, 0.6) is 0 Å². The maximum absolute atomic E-state index is 2.86. The minimum absolute atomic E-state index is 0.652. The molecule has 1 saturated heterocycles. The summed E-state index contributed by atoms with van der Waals surface area (Å²) in [5.74, 6) is 1.27. The van der Waals surface area contributed by atoms with Crippen molar-refractivity contribution in [1.29, 1.82) is 0 Å². The van der Waals surface area contributed by atoms with Crippen molar-refractivity contribution >= 4 is 21.2 Å². The molecule has 0 aromatic heterocycles. The molecule has 2 aliphatic rings. The molecule has 4 heteroatoms. The number of rotatable bonds is 1. The molecule has 2 atom stereocenters. The van der Waals surface area contributed by atoms with Gasteiger partial charge >= 0.3 is 0 Å². The van der Waals surface area contributed by atoms with E-state index in [2.05, 4.69) is 43.2 Å². The van der Waals surface area contributed by atoms with E-state index in [4.69, 9.17) is 0 Å². The molecule has 18 heavy (non-hydrogen) atoms. The molecular formula is C14H21N2PS. The predicted octanol–water partition coefficient (Wildman–Crippen LogP) is 3.02. The molecule has 1 aromatic carbocycles. The van der Waals surface area contributed by atoms with Gasteiger partial charge < -0.3 is 0 Å². The third-order valence-electron chi connectivity index (χ3n) is 3.93. The molecule has 3 rings (SSSR count). The van der Waals surface area contributed by atoms with Gasteiger partial charge in [0.05, 0.1) is 0 Å². The molecule has 2 aliphatic heterocycles. The fourth-order valence-electron chi connectivity index (χ4n) is 2.97. The quantitative estimate of drug-likeness (QED) is 0.730. The molecule has 0 saturated carbocycles. The Hall–Kier alpha value is -0.0800. The zero-order chi connectivity index (χ0) is 12.4. The monoisotopic (exact) mass is 280 g/mol. The van der Waals surface area contributed by atoms with Crippen LogP contribution in [0.4, 0.5) is 0 Å². The Bertz CT molecular complexity index is 413. The van der Waals surface area contributed by atoms with E-state index in [0.717, 1.165) is 0 Å². The molecule has 0 radical (unpaired) electrons. The molecule has 0 amide bonds. The van der Waals surface area contributed by atoms with Gasteiger partial charge in [-0.25, -0.2) is 0 Å². The Kier molecular flexibility index (Phi) is 4.25. The van der Waals surface area contributed by atoms with Crippen molar-refractivity contribution < 1.29 is 0 Å². The molecule has 1 fully saturated rings. The van der Waals surface area contributed by atoms with Crippen molar-refractivity contribution in [3.8, 4) is 0 Å². The summed E-state index contributed by atoms with van der Waals surface area (Å²) in [6.45, 7) is 4.84. The van der Waals surface area contributed by atoms with Gasteiger partial charge in [0.1, 0.15) is 0 Å². The van der Waals surface area contributed by atoms with Crippen molar-refractivity contribution in [3.63, 3.8) is 0 Å². The first kappa shape index (κ1) is 12.9. The molecule has 0 aliphatic carbocycles. The van der Waals surface area contributed by atoms with Crippen LogP contribution in [0.25, 0.3) is 0 Å². The van der Waals surface area contributed by atoms with E-state index >= 15 is 0 Å². The van der Waals surface area contributed by atoms with Crippen LogP contribution in [0.2, 0.25) is 0 Å². The summed E-state index contributed by atoms with van der Waals surface area (Å²) in [5.41, 5.74) is 1.56. The molecule has 2 nitrogen and oxygen atoms in total. The zero-order valence-corrected chi connectivity index (χ0v) is 12.7. The van der Waals surface area contributed by atoms with Crippen LogP contribution in [0.15, 0.2) is 29.2 Å². The summed E-state index contributed by atoms with van der Waals surface area (Å²) in [4.78, 5) is 4.20. The minimum atomic E-state index is 0.652. The highest BCUT2D eigenvalue weighted by atomic mass is 32.2. The van der Waals surface area contributed by atoms with Crippen LogP contribution in [-0.4, -0.2) is 41.5 Å². The highest BCUT2D eigenvalue weighted by Gasteiger charge is 2.26. The molecule has 1 aromatic rings. The lowest BCUT2D eigenvalue weighted by molar-refractivity contribution is 0.200. The fraction of sp³-hybridized carbons (Fsp3) is 0.571. The lowest BCUT2D eigenvalue weighted by Crippen LogP contribution is -2.33. The normalized spacial score (nSPS) is 26.6. The van der Waals surface area contributed by atoms with Gasteiger partial charge in [-0.3, -0.25) is 9.57 Å². The first-order valence-electron chi connectivity index (χ1n) is 6.80. The first-order valence-corrected chi connectivity index (χ1v) is 8.30. The average Bonchev–Trinajstić information content (AvgIpc) is 2.63. The summed E-state index contributed by atoms with van der Waals surface area (Å²) in [6, 6.07) is 9.62. The van der Waals surface area contributed by atoms with Gasteiger partial charge in [0.2, 0.25) is 0 Å². The average molecular weight is 280 g/mol. The third-order valence-corrected chi connectivity index (χ3v) is 5.57. The summed E-state index contributed by atoms with van der Waals surface area (Å²) >= 11 is 2.02. The lowest BCUT2D eigenvalue weighted by Gasteiger charge is -2.34. The Morgan fingerprint density at radius 3 is 2.94 bits per heavy atom. The number of benzene rings is 1. The molecule has 98 valence electrons. The Morgan fingerprint density at radius 1 is 1.11 bits per heavy atom. The summed E-state index contributed by atoms with van der Waals surface area (Å²) < 4.78 is 2.38. The van der Waals surface area contributed by atoms with E-state index in [1.807, 2.05) is 11.8 Å². The largest absolute Gasteiger partial charge is 0.295 e. The SMILES string of the molecule is PN1CCCN(C2CCSc3ccccc32)CC1. The Balaban J connectivity index is 1.80. The summed E-state index contributed by atoms with van der Waals surface area (Å²) in [5, 5.41) is 0. The predicted molar refractivity (Wildman–Crippen MR) is 82.0 cm³/mol. The Labute approximate surface area is 116 Å².